The molecule has 3 heterocycles. The normalized spacial score (nSPS) is 18.9. The Balaban J connectivity index is 1.48. The molecule has 1 amide bonds. The van der Waals surface area contributed by atoms with Crippen LogP contribution in [0.2, 0.25) is 0 Å². The van der Waals surface area contributed by atoms with Gasteiger partial charge in [-0.2, -0.15) is 0 Å². The zero-order chi connectivity index (χ0) is 23.9. The highest BCUT2D eigenvalue weighted by molar-refractivity contribution is 7.19. The van der Waals surface area contributed by atoms with E-state index in [0.717, 1.165) is 54.7 Å². The van der Waals surface area contributed by atoms with Gasteiger partial charge in [-0.3, -0.25) is 4.79 Å². The number of rotatable bonds is 5. The average Bonchev–Trinajstić information content (AvgIpc) is 3.21. The molecule has 5 rings (SSSR count). The number of benzene rings is 1. The highest BCUT2D eigenvalue weighted by Gasteiger charge is 2.34. The van der Waals surface area contributed by atoms with Crippen LogP contribution in [0.3, 0.4) is 0 Å². The minimum atomic E-state index is -0.530. The number of nitrogens with zero attached hydrogens (tertiary/aromatic N) is 4. The van der Waals surface area contributed by atoms with E-state index in [9.17, 15) is 4.79 Å². The molecular weight excluding hydrogens is 464 g/mol. The van der Waals surface area contributed by atoms with Crippen LogP contribution in [0.15, 0.2) is 30.3 Å². The number of amides is 1. The third kappa shape index (κ3) is 4.55. The van der Waals surface area contributed by atoms with Crippen LogP contribution in [0.25, 0.3) is 10.2 Å². The summed E-state index contributed by atoms with van der Waals surface area (Å²) in [6, 6.07) is 10.5. The molecule has 34 heavy (non-hydrogen) atoms. The molecule has 0 bridgehead atoms. The number of aryl methyl sites for hydroxylation is 1. The molecule has 0 N–H and O–H groups in total. The Kier molecular flexibility index (Phi) is 6.56. The van der Waals surface area contributed by atoms with Gasteiger partial charge in [0.2, 0.25) is 5.91 Å². The number of alkyl halides is 1. The first-order valence-corrected chi connectivity index (χ1v) is 13.7. The zero-order valence-electron chi connectivity index (χ0n) is 20.3. The van der Waals surface area contributed by atoms with Crippen molar-refractivity contribution in [3.05, 3.63) is 52.2 Å². The molecule has 1 atom stereocenters. The fourth-order valence-electron chi connectivity index (χ4n) is 5.06. The summed E-state index contributed by atoms with van der Waals surface area (Å²) in [6.07, 6.45) is 4.19. The first-order chi connectivity index (χ1) is 16.4. The Morgan fingerprint density at radius 3 is 2.59 bits per heavy atom. The van der Waals surface area contributed by atoms with E-state index in [1.54, 1.807) is 0 Å². The molecule has 180 valence electrons. The maximum atomic E-state index is 12.9. The molecule has 1 aromatic carbocycles. The summed E-state index contributed by atoms with van der Waals surface area (Å²) in [7, 11) is 0. The fraction of sp³-hybridized carbons (Fsp3) is 0.519. The highest BCUT2D eigenvalue weighted by Crippen LogP contribution is 2.41. The number of thiophene rings is 1. The lowest BCUT2D eigenvalue weighted by atomic mass is 9.89. The zero-order valence-corrected chi connectivity index (χ0v) is 21.9. The van der Waals surface area contributed by atoms with E-state index < -0.39 is 5.41 Å². The van der Waals surface area contributed by atoms with E-state index in [2.05, 4.69) is 36.1 Å². The van der Waals surface area contributed by atoms with Crippen LogP contribution in [0, 0.1) is 11.3 Å². The molecule has 0 spiro atoms. The van der Waals surface area contributed by atoms with Crippen molar-refractivity contribution in [1.82, 2.24) is 14.9 Å². The third-order valence-electron chi connectivity index (χ3n) is 7.17. The summed E-state index contributed by atoms with van der Waals surface area (Å²) in [5.41, 5.74) is 2.15. The van der Waals surface area contributed by atoms with Crippen molar-refractivity contribution in [2.75, 3.05) is 37.0 Å². The predicted molar refractivity (Wildman–Crippen MR) is 141 cm³/mol. The maximum Gasteiger partial charge on any atom is 0.229 e. The quantitative estimate of drug-likeness (QED) is 0.448. The number of hydrogen-bond acceptors (Lipinski definition) is 5. The fourth-order valence-corrected chi connectivity index (χ4v) is 6.57. The largest absolute Gasteiger partial charge is 0.352 e. The Bertz CT molecular complexity index is 1180. The number of piperazine rings is 1. The maximum absolute atomic E-state index is 12.9. The molecule has 7 heteroatoms. The van der Waals surface area contributed by atoms with Crippen LogP contribution in [-0.2, 0) is 24.1 Å². The average molecular weight is 497 g/mol. The third-order valence-corrected chi connectivity index (χ3v) is 8.98. The van der Waals surface area contributed by atoms with Crippen LogP contribution in [0.4, 0.5) is 5.82 Å². The number of anilines is 1. The molecule has 0 radical (unpaired) electrons. The molecule has 1 saturated heterocycles. The van der Waals surface area contributed by atoms with Gasteiger partial charge in [0.25, 0.3) is 0 Å². The summed E-state index contributed by atoms with van der Waals surface area (Å²) in [5.74, 6) is 3.14. The Morgan fingerprint density at radius 1 is 1.15 bits per heavy atom. The molecule has 1 fully saturated rings. The van der Waals surface area contributed by atoms with E-state index in [-0.39, 0.29) is 5.91 Å². The molecular formula is C27H33ClN4OS. The molecule has 2 aliphatic rings. The lowest BCUT2D eigenvalue weighted by Gasteiger charge is -2.39. The monoisotopic (exact) mass is 496 g/mol. The van der Waals surface area contributed by atoms with E-state index in [1.807, 2.05) is 36.2 Å². The second-order valence-corrected chi connectivity index (χ2v) is 11.8. The molecule has 1 unspecified atom stereocenters. The summed E-state index contributed by atoms with van der Waals surface area (Å²) in [4.78, 5) is 30.1. The first-order valence-electron chi connectivity index (χ1n) is 12.3. The van der Waals surface area contributed by atoms with Crippen molar-refractivity contribution in [3.8, 4) is 0 Å². The van der Waals surface area contributed by atoms with Gasteiger partial charge in [0.15, 0.2) is 0 Å². The van der Waals surface area contributed by atoms with Crippen molar-refractivity contribution in [2.45, 2.75) is 46.5 Å². The van der Waals surface area contributed by atoms with Crippen LogP contribution in [0.5, 0.6) is 0 Å². The highest BCUT2D eigenvalue weighted by atomic mass is 35.5. The van der Waals surface area contributed by atoms with Gasteiger partial charge in [-0.1, -0.05) is 37.3 Å². The van der Waals surface area contributed by atoms with Crippen molar-refractivity contribution < 1.29 is 4.79 Å². The van der Waals surface area contributed by atoms with Crippen molar-refractivity contribution in [1.29, 1.82) is 0 Å². The molecule has 3 aromatic rings. The number of halogens is 1. The lowest BCUT2D eigenvalue weighted by Crippen LogP contribution is -2.52. The van der Waals surface area contributed by atoms with Crippen molar-refractivity contribution in [3.63, 3.8) is 0 Å². The second-order valence-electron chi connectivity index (χ2n) is 10.5. The lowest BCUT2D eigenvalue weighted by molar-refractivity contribution is -0.139. The summed E-state index contributed by atoms with van der Waals surface area (Å²) in [5, 5.41) is 1.25. The number of carbonyl (C=O) groups excluding carboxylic acids is 1. The van der Waals surface area contributed by atoms with Gasteiger partial charge in [-0.15, -0.1) is 22.9 Å². The molecule has 5 nitrogen and oxygen atoms in total. The summed E-state index contributed by atoms with van der Waals surface area (Å²) < 4.78 is 0. The smallest absolute Gasteiger partial charge is 0.229 e. The Labute approximate surface area is 211 Å². The number of aromatic nitrogens is 2. The second kappa shape index (κ2) is 9.46. The molecule has 1 aliphatic carbocycles. The van der Waals surface area contributed by atoms with Crippen molar-refractivity contribution >= 4 is 44.9 Å². The van der Waals surface area contributed by atoms with Gasteiger partial charge in [0, 0.05) is 43.4 Å². The molecule has 0 saturated carbocycles. The SMILES string of the molecule is CC1CCc2c(sc3nc(Cc4ccccc4)nc(N4CCN(C(=O)C(C)(C)CCl)CC4)c23)C1. The van der Waals surface area contributed by atoms with Crippen molar-refractivity contribution in [2.24, 2.45) is 11.3 Å². The minimum Gasteiger partial charge on any atom is -0.352 e. The van der Waals surface area contributed by atoms with Crippen LogP contribution in [0.1, 0.15) is 49.0 Å². The summed E-state index contributed by atoms with van der Waals surface area (Å²) >= 11 is 7.93. The number of carbonyl (C=O) groups is 1. The van der Waals surface area contributed by atoms with Gasteiger partial charge in [0.05, 0.1) is 10.8 Å². The van der Waals surface area contributed by atoms with Gasteiger partial charge in [-0.25, -0.2) is 9.97 Å². The predicted octanol–water partition coefficient (Wildman–Crippen LogP) is 5.32. The van der Waals surface area contributed by atoms with E-state index in [4.69, 9.17) is 21.6 Å². The number of hydrogen-bond donors (Lipinski definition) is 0. The van der Waals surface area contributed by atoms with E-state index in [1.165, 1.54) is 27.8 Å². The Morgan fingerprint density at radius 2 is 1.88 bits per heavy atom. The van der Waals surface area contributed by atoms with Crippen LogP contribution < -0.4 is 4.90 Å². The van der Waals surface area contributed by atoms with Gasteiger partial charge >= 0.3 is 0 Å². The molecule has 2 aromatic heterocycles. The Hall–Kier alpha value is -2.18. The number of fused-ring (bicyclic) bond motifs is 3. The topological polar surface area (TPSA) is 49.3 Å². The van der Waals surface area contributed by atoms with E-state index >= 15 is 0 Å². The standard InChI is InChI=1S/C27H33ClN4OS/c1-18-9-10-20-21(15-18)34-25-23(20)24(29-22(30-25)16-19-7-5-4-6-8-19)31-11-13-32(14-12-31)26(33)27(2,3)17-28/h4-8,18H,9-17H2,1-3H3. The van der Waals surface area contributed by atoms with Crippen LogP contribution in [-0.4, -0.2) is 52.8 Å². The summed E-state index contributed by atoms with van der Waals surface area (Å²) in [6.45, 7) is 9.15. The minimum absolute atomic E-state index is 0.140. The van der Waals surface area contributed by atoms with E-state index in [0.29, 0.717) is 19.0 Å². The first kappa shape index (κ1) is 23.6. The molecule has 1 aliphatic heterocycles. The van der Waals surface area contributed by atoms with Crippen LogP contribution >= 0.6 is 22.9 Å². The van der Waals surface area contributed by atoms with Gasteiger partial charge in [0.1, 0.15) is 16.5 Å². The van der Waals surface area contributed by atoms with Gasteiger partial charge < -0.3 is 9.80 Å². The van der Waals surface area contributed by atoms with Gasteiger partial charge in [-0.05, 0) is 50.2 Å².